The van der Waals surface area contributed by atoms with Gasteiger partial charge in [0.25, 0.3) is 11.8 Å². The molecule has 0 radical (unpaired) electrons. The fourth-order valence-electron chi connectivity index (χ4n) is 3.83. The van der Waals surface area contributed by atoms with Gasteiger partial charge in [0.15, 0.2) is 0 Å². The van der Waals surface area contributed by atoms with Crippen LogP contribution in [0.5, 0.6) is 0 Å². The highest BCUT2D eigenvalue weighted by Gasteiger charge is 2.17. The van der Waals surface area contributed by atoms with Gasteiger partial charge in [0, 0.05) is 5.56 Å². The number of carbonyl (C=O) groups excluding carboxylic acids is 2. The van der Waals surface area contributed by atoms with Crippen molar-refractivity contribution in [1.82, 2.24) is 10.6 Å². The Morgan fingerprint density at radius 3 is 2.44 bits per heavy atom. The van der Waals surface area contributed by atoms with Gasteiger partial charge in [-0.25, -0.2) is 0 Å². The van der Waals surface area contributed by atoms with E-state index in [0.29, 0.717) is 12.1 Å². The molecule has 4 rings (SSSR count). The number of ether oxygens (including phenoxy) is 1. The van der Waals surface area contributed by atoms with Crippen LogP contribution in [0.4, 0.5) is 0 Å². The zero-order chi connectivity index (χ0) is 22.2. The van der Waals surface area contributed by atoms with Crippen molar-refractivity contribution < 1.29 is 19.2 Å². The molecular weight excluding hydrogens is 402 g/mol. The first-order chi connectivity index (χ1) is 15.7. The van der Waals surface area contributed by atoms with Crippen LogP contribution in [0.25, 0.3) is 16.8 Å². The van der Waals surface area contributed by atoms with Crippen LogP contribution in [0.2, 0.25) is 0 Å². The standard InChI is InChI=1S/C26H27N3O3/c30-25(21-8-2-1-3-9-21)28-24(26(31)27-13-14-29-15-17-32-18-16-29)19-22-11-6-10-20-7-4-5-12-23(20)22/h1-12,19H,13-18H2,(H,27,31)(H,28,30)/p+1/b24-19+. The van der Waals surface area contributed by atoms with Crippen molar-refractivity contribution in [3.8, 4) is 0 Å². The quantitative estimate of drug-likeness (QED) is 0.499. The van der Waals surface area contributed by atoms with Crippen molar-refractivity contribution in [3.63, 3.8) is 0 Å². The molecule has 0 bridgehead atoms. The number of fused-ring (bicyclic) bond motifs is 1. The molecule has 3 aromatic carbocycles. The number of carbonyl (C=O) groups is 2. The molecule has 0 unspecified atom stereocenters. The second kappa shape index (κ2) is 10.7. The fraction of sp³-hybridized carbons (Fsp3) is 0.231. The van der Waals surface area contributed by atoms with E-state index >= 15 is 0 Å². The lowest BCUT2D eigenvalue weighted by atomic mass is 10.0. The third kappa shape index (κ3) is 5.60. The maximum Gasteiger partial charge on any atom is 0.268 e. The Bertz CT molecular complexity index is 1100. The second-order valence-electron chi connectivity index (χ2n) is 7.81. The lowest BCUT2D eigenvalue weighted by Gasteiger charge is -2.23. The van der Waals surface area contributed by atoms with Crippen LogP contribution in [0, 0.1) is 0 Å². The highest BCUT2D eigenvalue weighted by Crippen LogP contribution is 2.20. The summed E-state index contributed by atoms with van der Waals surface area (Å²) >= 11 is 0. The summed E-state index contributed by atoms with van der Waals surface area (Å²) in [6.45, 7) is 4.75. The van der Waals surface area contributed by atoms with Crippen molar-refractivity contribution in [3.05, 3.63) is 89.6 Å². The van der Waals surface area contributed by atoms with E-state index in [-0.39, 0.29) is 17.5 Å². The third-order valence-corrected chi connectivity index (χ3v) is 5.62. The number of hydrogen-bond acceptors (Lipinski definition) is 3. The van der Waals surface area contributed by atoms with Crippen LogP contribution >= 0.6 is 0 Å². The van der Waals surface area contributed by atoms with Crippen LogP contribution in [-0.4, -0.2) is 51.2 Å². The maximum atomic E-state index is 13.1. The molecule has 2 amide bonds. The molecule has 0 spiro atoms. The maximum absolute atomic E-state index is 13.1. The molecule has 0 aromatic heterocycles. The Morgan fingerprint density at radius 1 is 0.906 bits per heavy atom. The summed E-state index contributed by atoms with van der Waals surface area (Å²) in [5.74, 6) is -0.610. The summed E-state index contributed by atoms with van der Waals surface area (Å²) in [5, 5.41) is 7.89. The van der Waals surface area contributed by atoms with Gasteiger partial charge in [-0.05, 0) is 34.5 Å². The first-order valence-corrected chi connectivity index (χ1v) is 11.0. The lowest BCUT2D eigenvalue weighted by molar-refractivity contribution is -0.906. The monoisotopic (exact) mass is 430 g/mol. The number of benzene rings is 3. The molecule has 3 N–H and O–H groups in total. The van der Waals surface area contributed by atoms with Crippen molar-refractivity contribution >= 4 is 28.7 Å². The van der Waals surface area contributed by atoms with Crippen LogP contribution in [0.1, 0.15) is 15.9 Å². The van der Waals surface area contributed by atoms with Gasteiger partial charge in [-0.15, -0.1) is 0 Å². The van der Waals surface area contributed by atoms with E-state index in [4.69, 9.17) is 4.74 Å². The SMILES string of the molecule is O=C(NCC[NH+]1CCOCC1)/C(=C\c1cccc2ccccc12)NC(=O)c1ccccc1. The Balaban J connectivity index is 1.55. The molecule has 1 heterocycles. The highest BCUT2D eigenvalue weighted by atomic mass is 16.5. The molecule has 0 saturated carbocycles. The average molecular weight is 431 g/mol. The molecule has 1 saturated heterocycles. The zero-order valence-corrected chi connectivity index (χ0v) is 18.0. The van der Waals surface area contributed by atoms with Gasteiger partial charge in [-0.2, -0.15) is 0 Å². The first-order valence-electron chi connectivity index (χ1n) is 11.0. The van der Waals surface area contributed by atoms with E-state index in [0.717, 1.165) is 49.2 Å². The minimum Gasteiger partial charge on any atom is -0.370 e. The van der Waals surface area contributed by atoms with Gasteiger partial charge in [0.05, 0.1) is 26.3 Å². The van der Waals surface area contributed by atoms with Crippen molar-refractivity contribution in [2.75, 3.05) is 39.4 Å². The van der Waals surface area contributed by atoms with E-state index < -0.39 is 0 Å². The summed E-state index contributed by atoms with van der Waals surface area (Å²) in [6, 6.07) is 22.8. The van der Waals surface area contributed by atoms with Crippen molar-refractivity contribution in [2.24, 2.45) is 0 Å². The number of quaternary nitrogens is 1. The highest BCUT2D eigenvalue weighted by molar-refractivity contribution is 6.06. The summed E-state index contributed by atoms with van der Waals surface area (Å²) in [5.41, 5.74) is 1.61. The third-order valence-electron chi connectivity index (χ3n) is 5.62. The van der Waals surface area contributed by atoms with Crippen molar-refractivity contribution in [2.45, 2.75) is 0 Å². The van der Waals surface area contributed by atoms with E-state index in [2.05, 4.69) is 10.6 Å². The molecule has 1 aliphatic heterocycles. The smallest absolute Gasteiger partial charge is 0.268 e. The fourth-order valence-corrected chi connectivity index (χ4v) is 3.83. The Labute approximate surface area is 187 Å². The Morgan fingerprint density at radius 2 is 1.62 bits per heavy atom. The van der Waals surface area contributed by atoms with Crippen LogP contribution in [0.3, 0.4) is 0 Å². The largest absolute Gasteiger partial charge is 0.370 e. The molecule has 1 fully saturated rings. The van der Waals surface area contributed by atoms with Crippen molar-refractivity contribution in [1.29, 1.82) is 0 Å². The topological polar surface area (TPSA) is 71.9 Å². The minimum absolute atomic E-state index is 0.229. The molecule has 1 aliphatic rings. The molecule has 0 aliphatic carbocycles. The van der Waals surface area contributed by atoms with Gasteiger partial charge >= 0.3 is 0 Å². The molecule has 3 aromatic rings. The summed E-state index contributed by atoms with van der Waals surface area (Å²) < 4.78 is 5.39. The van der Waals surface area contributed by atoms with E-state index in [1.54, 1.807) is 30.3 Å². The average Bonchev–Trinajstić information content (AvgIpc) is 2.85. The summed E-state index contributed by atoms with van der Waals surface area (Å²) in [4.78, 5) is 27.3. The molecule has 32 heavy (non-hydrogen) atoms. The van der Waals surface area contributed by atoms with Gasteiger partial charge in [0.2, 0.25) is 0 Å². The van der Waals surface area contributed by atoms with E-state index in [1.807, 2.05) is 48.5 Å². The summed E-state index contributed by atoms with van der Waals surface area (Å²) in [7, 11) is 0. The zero-order valence-electron chi connectivity index (χ0n) is 18.0. The number of hydrogen-bond donors (Lipinski definition) is 3. The normalized spacial score (nSPS) is 14.8. The van der Waals surface area contributed by atoms with Gasteiger partial charge in [-0.3, -0.25) is 9.59 Å². The Kier molecular flexibility index (Phi) is 7.27. The van der Waals surface area contributed by atoms with Crippen LogP contribution < -0.4 is 15.5 Å². The molecule has 164 valence electrons. The van der Waals surface area contributed by atoms with Crippen LogP contribution in [-0.2, 0) is 9.53 Å². The van der Waals surface area contributed by atoms with E-state index in [9.17, 15) is 9.59 Å². The van der Waals surface area contributed by atoms with Gasteiger partial charge in [0.1, 0.15) is 18.8 Å². The van der Waals surface area contributed by atoms with E-state index in [1.165, 1.54) is 4.90 Å². The number of morpholine rings is 1. The van der Waals surface area contributed by atoms with Crippen LogP contribution in [0.15, 0.2) is 78.5 Å². The first kappa shape index (κ1) is 21.7. The van der Waals surface area contributed by atoms with Gasteiger partial charge in [-0.1, -0.05) is 60.7 Å². The summed E-state index contributed by atoms with van der Waals surface area (Å²) in [6.07, 6.45) is 1.75. The number of rotatable bonds is 7. The predicted octanol–water partition coefficient (Wildman–Crippen LogP) is 1.64. The number of amides is 2. The molecular formula is C26H28N3O3+. The molecule has 6 nitrogen and oxygen atoms in total. The second-order valence-corrected chi connectivity index (χ2v) is 7.81. The Hall–Kier alpha value is -3.48. The molecule has 6 heteroatoms. The minimum atomic E-state index is -0.314. The number of nitrogens with one attached hydrogen (secondary N) is 3. The van der Waals surface area contributed by atoms with Gasteiger partial charge < -0.3 is 20.3 Å². The lowest BCUT2D eigenvalue weighted by Crippen LogP contribution is -3.14. The molecule has 0 atom stereocenters. The predicted molar refractivity (Wildman–Crippen MR) is 125 cm³/mol.